The van der Waals surface area contributed by atoms with Gasteiger partial charge >= 0.3 is 0 Å². The van der Waals surface area contributed by atoms with Crippen LogP contribution in [0, 0.1) is 0 Å². The first-order valence-electron chi connectivity index (χ1n) is 4.00. The fourth-order valence-corrected chi connectivity index (χ4v) is 1.54. The highest BCUT2D eigenvalue weighted by molar-refractivity contribution is 6.14. The van der Waals surface area contributed by atoms with Gasteiger partial charge in [-0.05, 0) is 0 Å². The first kappa shape index (κ1) is 7.18. The maximum Gasteiger partial charge on any atom is 0.0742 e. The van der Waals surface area contributed by atoms with E-state index in [-0.39, 0.29) is 5.31 Å². The molecule has 0 bridgehead atoms. The molecule has 50 valence electrons. The second kappa shape index (κ2) is 2.77. The van der Waals surface area contributed by atoms with Gasteiger partial charge in [0.05, 0.1) is 7.85 Å². The Bertz CT molecular complexity index is 76.6. The second-order valence-electron chi connectivity index (χ2n) is 3.57. The SMILES string of the molecule is [B]C1(C)CCCCCC1. The largest absolute Gasteiger partial charge is 0.0742 e. The Hall–Kier alpha value is 0.0649. The van der Waals surface area contributed by atoms with Crippen LogP contribution in [-0.2, 0) is 0 Å². The Morgan fingerprint density at radius 3 is 1.89 bits per heavy atom. The normalized spacial score (nSPS) is 27.2. The van der Waals surface area contributed by atoms with Crippen molar-refractivity contribution in [3.05, 3.63) is 0 Å². The van der Waals surface area contributed by atoms with Gasteiger partial charge < -0.3 is 0 Å². The zero-order chi connectivity index (χ0) is 6.74. The van der Waals surface area contributed by atoms with Crippen molar-refractivity contribution in [3.63, 3.8) is 0 Å². The average Bonchev–Trinajstić information content (AvgIpc) is 1.92. The van der Waals surface area contributed by atoms with Crippen molar-refractivity contribution in [2.75, 3.05) is 0 Å². The first-order valence-corrected chi connectivity index (χ1v) is 4.00. The van der Waals surface area contributed by atoms with E-state index in [4.69, 9.17) is 7.85 Å². The zero-order valence-corrected chi connectivity index (χ0v) is 6.32. The van der Waals surface area contributed by atoms with Crippen LogP contribution < -0.4 is 0 Å². The summed E-state index contributed by atoms with van der Waals surface area (Å²) in [6.45, 7) is 2.18. The Morgan fingerprint density at radius 2 is 1.44 bits per heavy atom. The number of hydrogen-bond acceptors (Lipinski definition) is 0. The number of rotatable bonds is 0. The van der Waals surface area contributed by atoms with E-state index in [1.807, 2.05) is 0 Å². The third kappa shape index (κ3) is 2.42. The Balaban J connectivity index is 2.36. The topological polar surface area (TPSA) is 0 Å². The lowest BCUT2D eigenvalue weighted by Gasteiger charge is -2.21. The van der Waals surface area contributed by atoms with Crippen molar-refractivity contribution in [2.24, 2.45) is 0 Å². The molecule has 1 heteroatoms. The molecule has 0 aliphatic heterocycles. The van der Waals surface area contributed by atoms with Crippen LogP contribution in [0.2, 0.25) is 5.31 Å². The molecule has 0 saturated heterocycles. The molecule has 9 heavy (non-hydrogen) atoms. The zero-order valence-electron chi connectivity index (χ0n) is 6.32. The molecule has 1 saturated carbocycles. The van der Waals surface area contributed by atoms with Crippen LogP contribution in [0.5, 0.6) is 0 Å². The molecule has 0 spiro atoms. The Labute approximate surface area is 59.4 Å². The van der Waals surface area contributed by atoms with Crippen LogP contribution in [0.1, 0.15) is 45.4 Å². The van der Waals surface area contributed by atoms with Crippen molar-refractivity contribution >= 4 is 7.85 Å². The predicted octanol–water partition coefficient (Wildman–Crippen LogP) is 2.69. The van der Waals surface area contributed by atoms with Crippen molar-refractivity contribution < 1.29 is 0 Å². The van der Waals surface area contributed by atoms with E-state index in [0.717, 1.165) is 0 Å². The van der Waals surface area contributed by atoms with Gasteiger partial charge in [0.25, 0.3) is 0 Å². The van der Waals surface area contributed by atoms with Gasteiger partial charge in [0, 0.05) is 0 Å². The van der Waals surface area contributed by atoms with Crippen LogP contribution in [0.4, 0.5) is 0 Å². The summed E-state index contributed by atoms with van der Waals surface area (Å²) in [6.07, 6.45) is 7.93. The van der Waals surface area contributed by atoms with Gasteiger partial charge in [-0.2, -0.15) is 0 Å². The van der Waals surface area contributed by atoms with Gasteiger partial charge in [0.1, 0.15) is 0 Å². The molecule has 0 N–H and O–H groups in total. The maximum atomic E-state index is 5.98. The standard InChI is InChI=1S/C8H15B/c1-8(9)6-4-2-3-5-7-8/h2-7H2,1H3. The van der Waals surface area contributed by atoms with Crippen LogP contribution >= 0.6 is 0 Å². The Morgan fingerprint density at radius 1 is 1.00 bits per heavy atom. The van der Waals surface area contributed by atoms with E-state index >= 15 is 0 Å². The molecule has 0 aromatic heterocycles. The first-order chi connectivity index (χ1) is 4.21. The highest BCUT2D eigenvalue weighted by Gasteiger charge is 2.18. The van der Waals surface area contributed by atoms with E-state index in [9.17, 15) is 0 Å². The minimum atomic E-state index is 0.163. The van der Waals surface area contributed by atoms with Gasteiger partial charge in [-0.15, -0.1) is 0 Å². The summed E-state index contributed by atoms with van der Waals surface area (Å²) in [5.41, 5.74) is 0. The minimum Gasteiger partial charge on any atom is -0.0688 e. The van der Waals surface area contributed by atoms with Gasteiger partial charge in [-0.1, -0.05) is 50.8 Å². The van der Waals surface area contributed by atoms with E-state index < -0.39 is 0 Å². The summed E-state index contributed by atoms with van der Waals surface area (Å²) >= 11 is 0. The van der Waals surface area contributed by atoms with Crippen molar-refractivity contribution in [2.45, 2.75) is 50.8 Å². The summed E-state index contributed by atoms with van der Waals surface area (Å²) in [5.74, 6) is 0. The fraction of sp³-hybridized carbons (Fsp3) is 1.00. The lowest BCUT2D eigenvalue weighted by Crippen LogP contribution is -2.05. The van der Waals surface area contributed by atoms with Crippen molar-refractivity contribution in [1.82, 2.24) is 0 Å². The summed E-state index contributed by atoms with van der Waals surface area (Å²) in [7, 11) is 5.98. The maximum absolute atomic E-state index is 5.98. The van der Waals surface area contributed by atoms with Gasteiger partial charge in [-0.3, -0.25) is 0 Å². The molecular formula is C8H15B. The monoisotopic (exact) mass is 122 g/mol. The third-order valence-electron chi connectivity index (χ3n) is 2.25. The van der Waals surface area contributed by atoms with E-state index in [2.05, 4.69) is 6.92 Å². The molecule has 0 amide bonds. The van der Waals surface area contributed by atoms with Crippen LogP contribution in [0.15, 0.2) is 0 Å². The average molecular weight is 122 g/mol. The predicted molar refractivity (Wildman–Crippen MR) is 41.8 cm³/mol. The van der Waals surface area contributed by atoms with Gasteiger partial charge in [0.15, 0.2) is 0 Å². The molecule has 1 fully saturated rings. The summed E-state index contributed by atoms with van der Waals surface area (Å²) in [5, 5.41) is 0.163. The molecule has 1 aliphatic carbocycles. The molecule has 0 aromatic rings. The van der Waals surface area contributed by atoms with Crippen molar-refractivity contribution in [3.8, 4) is 0 Å². The molecule has 0 atom stereocenters. The van der Waals surface area contributed by atoms with Crippen molar-refractivity contribution in [1.29, 1.82) is 0 Å². The van der Waals surface area contributed by atoms with E-state index in [0.29, 0.717) is 0 Å². The molecule has 0 aromatic carbocycles. The molecular weight excluding hydrogens is 107 g/mol. The minimum absolute atomic E-state index is 0.163. The third-order valence-corrected chi connectivity index (χ3v) is 2.25. The van der Waals surface area contributed by atoms with Gasteiger partial charge in [-0.25, -0.2) is 0 Å². The molecule has 1 aliphatic rings. The second-order valence-corrected chi connectivity index (χ2v) is 3.57. The lowest BCUT2D eigenvalue weighted by atomic mass is 9.66. The van der Waals surface area contributed by atoms with Crippen LogP contribution in [0.25, 0.3) is 0 Å². The molecule has 1 rings (SSSR count). The molecule has 0 heterocycles. The lowest BCUT2D eigenvalue weighted by molar-refractivity contribution is 0.530. The summed E-state index contributed by atoms with van der Waals surface area (Å²) in [6, 6.07) is 0. The quantitative estimate of drug-likeness (QED) is 0.342. The van der Waals surface area contributed by atoms with E-state index in [1.54, 1.807) is 0 Å². The van der Waals surface area contributed by atoms with E-state index in [1.165, 1.54) is 38.5 Å². The fourth-order valence-electron chi connectivity index (χ4n) is 1.54. The molecule has 0 nitrogen and oxygen atoms in total. The molecule has 2 radical (unpaired) electrons. The Kier molecular flexibility index (Phi) is 2.20. The highest BCUT2D eigenvalue weighted by Crippen LogP contribution is 2.37. The summed E-state index contributed by atoms with van der Waals surface area (Å²) in [4.78, 5) is 0. The molecule has 0 unspecified atom stereocenters. The van der Waals surface area contributed by atoms with Gasteiger partial charge in [0.2, 0.25) is 0 Å². The summed E-state index contributed by atoms with van der Waals surface area (Å²) < 4.78 is 0. The highest BCUT2D eigenvalue weighted by atomic mass is 14.2. The van der Waals surface area contributed by atoms with Crippen LogP contribution in [0.3, 0.4) is 0 Å². The van der Waals surface area contributed by atoms with Crippen LogP contribution in [-0.4, -0.2) is 7.85 Å². The smallest absolute Gasteiger partial charge is 0.0688 e. The number of hydrogen-bond donors (Lipinski definition) is 0.